The van der Waals surface area contributed by atoms with Gasteiger partial charge in [-0.15, -0.1) is 0 Å². The fourth-order valence-corrected chi connectivity index (χ4v) is 1.04. The van der Waals surface area contributed by atoms with E-state index in [9.17, 15) is 4.79 Å². The zero-order chi connectivity index (χ0) is 8.55. The minimum absolute atomic E-state index is 0.0984. The van der Waals surface area contributed by atoms with Crippen LogP contribution in [-0.2, 0) is 0 Å². The second-order valence-corrected chi connectivity index (χ2v) is 2.36. The number of anilines is 1. The van der Waals surface area contributed by atoms with Crippen molar-refractivity contribution in [1.29, 1.82) is 0 Å². The van der Waals surface area contributed by atoms with Crippen molar-refractivity contribution in [2.24, 2.45) is 0 Å². The molecule has 2 rings (SSSR count). The van der Waals surface area contributed by atoms with E-state index in [-0.39, 0.29) is 6.01 Å². The standard InChI is InChI=1S/C8H6N2O2/c9-8-10-6-4-2-1-3-5(6)7(11)12-8/h1-4H,(H2,9,10). The Hall–Kier alpha value is -1.84. The number of para-hydroxylation sites is 1. The Morgan fingerprint density at radius 1 is 1.33 bits per heavy atom. The van der Waals surface area contributed by atoms with Gasteiger partial charge < -0.3 is 10.2 Å². The number of benzene rings is 1. The SMILES string of the molecule is Nc1nc2ccccc2c(=O)o1. The minimum Gasteiger partial charge on any atom is -0.389 e. The lowest BCUT2D eigenvalue weighted by Gasteiger charge is -1.94. The molecular formula is C8H6N2O2. The summed E-state index contributed by atoms with van der Waals surface area (Å²) >= 11 is 0. The van der Waals surface area contributed by atoms with E-state index in [0.717, 1.165) is 0 Å². The molecular weight excluding hydrogens is 156 g/mol. The van der Waals surface area contributed by atoms with Gasteiger partial charge in [-0.3, -0.25) is 0 Å². The third-order valence-electron chi connectivity index (χ3n) is 1.55. The van der Waals surface area contributed by atoms with Crippen molar-refractivity contribution in [2.75, 3.05) is 5.73 Å². The summed E-state index contributed by atoms with van der Waals surface area (Å²) in [7, 11) is 0. The summed E-state index contributed by atoms with van der Waals surface area (Å²) in [5.41, 5.74) is 5.36. The van der Waals surface area contributed by atoms with Crippen molar-refractivity contribution < 1.29 is 4.42 Å². The van der Waals surface area contributed by atoms with E-state index < -0.39 is 5.63 Å². The first-order valence-electron chi connectivity index (χ1n) is 3.43. The molecule has 0 saturated carbocycles. The molecule has 0 aliphatic carbocycles. The fourth-order valence-electron chi connectivity index (χ4n) is 1.04. The van der Waals surface area contributed by atoms with Crippen LogP contribution in [0.15, 0.2) is 33.5 Å². The molecule has 0 aliphatic heterocycles. The lowest BCUT2D eigenvalue weighted by atomic mass is 10.2. The van der Waals surface area contributed by atoms with Crippen LogP contribution in [0.2, 0.25) is 0 Å². The lowest BCUT2D eigenvalue weighted by Crippen LogP contribution is -2.04. The average molecular weight is 162 g/mol. The maximum Gasteiger partial charge on any atom is 0.348 e. The van der Waals surface area contributed by atoms with E-state index in [2.05, 4.69) is 9.40 Å². The molecule has 1 heterocycles. The second-order valence-electron chi connectivity index (χ2n) is 2.36. The van der Waals surface area contributed by atoms with Gasteiger partial charge in [-0.05, 0) is 12.1 Å². The van der Waals surface area contributed by atoms with Gasteiger partial charge in [-0.2, -0.15) is 4.98 Å². The summed E-state index contributed by atoms with van der Waals surface area (Å²) in [6.45, 7) is 0. The van der Waals surface area contributed by atoms with Crippen molar-refractivity contribution >= 4 is 16.9 Å². The Morgan fingerprint density at radius 2 is 2.08 bits per heavy atom. The highest BCUT2D eigenvalue weighted by Crippen LogP contribution is 2.07. The van der Waals surface area contributed by atoms with Crippen molar-refractivity contribution in [3.05, 3.63) is 34.7 Å². The number of nitrogens with two attached hydrogens (primary N) is 1. The summed E-state index contributed by atoms with van der Waals surface area (Å²) in [4.78, 5) is 15.0. The number of hydrogen-bond acceptors (Lipinski definition) is 4. The summed E-state index contributed by atoms with van der Waals surface area (Å²) in [6.07, 6.45) is 0. The quantitative estimate of drug-likeness (QED) is 0.621. The number of hydrogen-bond donors (Lipinski definition) is 1. The predicted octanol–water partition coefficient (Wildman–Crippen LogP) is 0.770. The van der Waals surface area contributed by atoms with E-state index >= 15 is 0 Å². The zero-order valence-corrected chi connectivity index (χ0v) is 6.15. The maximum atomic E-state index is 11.1. The first-order valence-corrected chi connectivity index (χ1v) is 3.43. The van der Waals surface area contributed by atoms with Gasteiger partial charge >= 0.3 is 5.63 Å². The fraction of sp³-hybridized carbons (Fsp3) is 0. The molecule has 0 unspecified atom stereocenters. The highest BCUT2D eigenvalue weighted by Gasteiger charge is 2.00. The molecule has 0 atom stereocenters. The number of rotatable bonds is 0. The highest BCUT2D eigenvalue weighted by molar-refractivity contribution is 5.77. The Labute approximate surface area is 67.6 Å². The number of nitrogens with zero attached hydrogens (tertiary/aromatic N) is 1. The van der Waals surface area contributed by atoms with Gasteiger partial charge in [-0.1, -0.05) is 12.1 Å². The van der Waals surface area contributed by atoms with Crippen LogP contribution >= 0.6 is 0 Å². The van der Waals surface area contributed by atoms with Crippen LogP contribution in [-0.4, -0.2) is 4.98 Å². The van der Waals surface area contributed by atoms with Crippen LogP contribution in [0.1, 0.15) is 0 Å². The molecule has 0 spiro atoms. The van der Waals surface area contributed by atoms with E-state index in [1.165, 1.54) is 0 Å². The molecule has 0 fully saturated rings. The van der Waals surface area contributed by atoms with Gasteiger partial charge in [0.25, 0.3) is 6.01 Å². The first kappa shape index (κ1) is 6.84. The van der Waals surface area contributed by atoms with Crippen molar-refractivity contribution in [3.8, 4) is 0 Å². The van der Waals surface area contributed by atoms with Gasteiger partial charge in [0, 0.05) is 0 Å². The van der Waals surface area contributed by atoms with E-state index in [1.54, 1.807) is 24.3 Å². The van der Waals surface area contributed by atoms with Gasteiger partial charge in [-0.25, -0.2) is 4.79 Å². The van der Waals surface area contributed by atoms with E-state index in [0.29, 0.717) is 10.9 Å². The number of fused-ring (bicyclic) bond motifs is 1. The van der Waals surface area contributed by atoms with E-state index in [4.69, 9.17) is 5.73 Å². The van der Waals surface area contributed by atoms with Gasteiger partial charge in [0.05, 0.1) is 10.9 Å². The van der Waals surface area contributed by atoms with Crippen molar-refractivity contribution in [2.45, 2.75) is 0 Å². The molecule has 1 aromatic heterocycles. The van der Waals surface area contributed by atoms with Crippen LogP contribution < -0.4 is 11.4 Å². The van der Waals surface area contributed by atoms with Gasteiger partial charge in [0.15, 0.2) is 0 Å². The van der Waals surface area contributed by atoms with Gasteiger partial charge in [0.2, 0.25) is 0 Å². The normalized spacial score (nSPS) is 10.3. The molecule has 1 aromatic carbocycles. The highest BCUT2D eigenvalue weighted by atomic mass is 16.4. The third kappa shape index (κ3) is 0.934. The molecule has 12 heavy (non-hydrogen) atoms. The van der Waals surface area contributed by atoms with Gasteiger partial charge in [0.1, 0.15) is 0 Å². The number of aromatic nitrogens is 1. The topological polar surface area (TPSA) is 69.1 Å². The van der Waals surface area contributed by atoms with Crippen LogP contribution in [0.25, 0.3) is 10.9 Å². The second kappa shape index (κ2) is 2.34. The average Bonchev–Trinajstić information content (AvgIpc) is 2.04. The zero-order valence-electron chi connectivity index (χ0n) is 6.15. The molecule has 4 heteroatoms. The molecule has 0 saturated heterocycles. The first-order chi connectivity index (χ1) is 5.77. The Bertz CT molecular complexity index is 476. The van der Waals surface area contributed by atoms with Crippen molar-refractivity contribution in [3.63, 3.8) is 0 Å². The van der Waals surface area contributed by atoms with E-state index in [1.807, 2.05) is 0 Å². The van der Waals surface area contributed by atoms with Crippen LogP contribution in [0.3, 0.4) is 0 Å². The summed E-state index contributed by atoms with van der Waals surface area (Å²) in [5.74, 6) is 0. The van der Waals surface area contributed by atoms with Crippen LogP contribution in [0.5, 0.6) is 0 Å². The summed E-state index contributed by atoms with van der Waals surface area (Å²) in [6, 6.07) is 6.79. The molecule has 0 radical (unpaired) electrons. The minimum atomic E-state index is -0.446. The molecule has 2 N–H and O–H groups in total. The summed E-state index contributed by atoms with van der Waals surface area (Å²) in [5, 5.41) is 0.451. The molecule has 60 valence electrons. The summed E-state index contributed by atoms with van der Waals surface area (Å²) < 4.78 is 4.60. The maximum absolute atomic E-state index is 11.1. The Morgan fingerprint density at radius 3 is 2.92 bits per heavy atom. The number of nitrogen functional groups attached to an aromatic ring is 1. The smallest absolute Gasteiger partial charge is 0.348 e. The predicted molar refractivity (Wildman–Crippen MR) is 44.7 cm³/mol. The molecule has 0 aliphatic rings. The molecule has 0 bridgehead atoms. The largest absolute Gasteiger partial charge is 0.389 e. The molecule has 4 nitrogen and oxygen atoms in total. The monoisotopic (exact) mass is 162 g/mol. The Kier molecular flexibility index (Phi) is 1.33. The lowest BCUT2D eigenvalue weighted by molar-refractivity contribution is 0.524. The third-order valence-corrected chi connectivity index (χ3v) is 1.55. The Balaban J connectivity index is 2.99. The molecule has 0 amide bonds. The molecule has 2 aromatic rings. The van der Waals surface area contributed by atoms with Crippen molar-refractivity contribution in [1.82, 2.24) is 4.98 Å². The van der Waals surface area contributed by atoms with Crippen LogP contribution in [0.4, 0.5) is 6.01 Å². The van der Waals surface area contributed by atoms with Crippen LogP contribution in [0, 0.1) is 0 Å².